The van der Waals surface area contributed by atoms with Crippen molar-refractivity contribution in [3.63, 3.8) is 0 Å². The lowest BCUT2D eigenvalue weighted by Crippen LogP contribution is -2.30. The number of H-pyrrole nitrogens is 1. The Labute approximate surface area is 230 Å². The van der Waals surface area contributed by atoms with Crippen LogP contribution in [0.5, 0.6) is 0 Å². The number of rotatable bonds is 8. The molecule has 1 aromatic carbocycles. The molecule has 1 saturated carbocycles. The number of nitrogens with zero attached hydrogens (tertiary/aromatic N) is 5. The average molecular weight is 598 g/mol. The van der Waals surface area contributed by atoms with Crippen molar-refractivity contribution in [1.29, 1.82) is 0 Å². The molecule has 42 heavy (non-hydrogen) atoms. The second-order valence-electron chi connectivity index (χ2n) is 9.80. The van der Waals surface area contributed by atoms with Crippen LogP contribution in [0.25, 0.3) is 22.3 Å². The molecule has 1 atom stereocenters. The molecule has 1 aliphatic rings. The topological polar surface area (TPSA) is 144 Å². The van der Waals surface area contributed by atoms with Crippen LogP contribution in [0.15, 0.2) is 40.4 Å². The first-order chi connectivity index (χ1) is 19.7. The maximum absolute atomic E-state index is 15.0. The summed E-state index contributed by atoms with van der Waals surface area (Å²) in [4.78, 5) is 36.1. The van der Waals surface area contributed by atoms with Crippen molar-refractivity contribution in [1.82, 2.24) is 29.7 Å². The third-order valence-corrected chi connectivity index (χ3v) is 6.86. The molecular formula is C25H21F7N8O2. The number of benzene rings is 1. The number of nitrogens with two attached hydrogens (primary N) is 1. The van der Waals surface area contributed by atoms with Crippen LogP contribution in [0.4, 0.5) is 42.2 Å². The largest absolute Gasteiger partial charge is 0.423 e. The van der Waals surface area contributed by atoms with Crippen LogP contribution >= 0.6 is 0 Å². The number of alkyl halides is 6. The van der Waals surface area contributed by atoms with Gasteiger partial charge < -0.3 is 11.1 Å². The molecule has 1 unspecified atom stereocenters. The van der Waals surface area contributed by atoms with E-state index in [1.165, 1.54) is 10.9 Å². The molecule has 0 amide bonds. The van der Waals surface area contributed by atoms with Gasteiger partial charge in [0.1, 0.15) is 22.8 Å². The molecule has 5 rings (SSSR count). The highest BCUT2D eigenvalue weighted by Crippen LogP contribution is 2.38. The molecule has 0 bridgehead atoms. The number of anilines is 2. The highest BCUT2D eigenvalue weighted by molar-refractivity contribution is 5.82. The predicted octanol–water partition coefficient (Wildman–Crippen LogP) is 4.37. The van der Waals surface area contributed by atoms with Gasteiger partial charge in [0.15, 0.2) is 5.82 Å². The van der Waals surface area contributed by atoms with Gasteiger partial charge in [-0.1, -0.05) is 0 Å². The van der Waals surface area contributed by atoms with Crippen LogP contribution in [-0.4, -0.2) is 35.8 Å². The van der Waals surface area contributed by atoms with E-state index in [-0.39, 0.29) is 28.9 Å². The number of aromatic amines is 1. The van der Waals surface area contributed by atoms with Gasteiger partial charge in [-0.3, -0.25) is 14.2 Å². The van der Waals surface area contributed by atoms with E-state index in [1.807, 2.05) is 0 Å². The average Bonchev–Trinajstić information content (AvgIpc) is 3.73. The van der Waals surface area contributed by atoms with E-state index in [2.05, 4.69) is 25.4 Å². The van der Waals surface area contributed by atoms with E-state index >= 15 is 0 Å². The van der Waals surface area contributed by atoms with Gasteiger partial charge in [0.2, 0.25) is 0 Å². The van der Waals surface area contributed by atoms with E-state index in [1.54, 1.807) is 5.10 Å². The standard InChI is InChI=1S/C25H21F7N8O2/c26-15-6-13-17(7-12(15)21-34-8-14(20(33)38-21)24(27,28)29)35-10-40(23(13)42)5-1-2-16(11-3-4-11)37-18-9-36-39-22(41)19(18)25(30,31)32/h6-11,16H,1-5H2,(H2,33,34,38)(H2,37,39,41). The van der Waals surface area contributed by atoms with Crippen molar-refractivity contribution in [2.24, 2.45) is 5.92 Å². The summed E-state index contributed by atoms with van der Waals surface area (Å²) < 4.78 is 95.3. The third kappa shape index (κ3) is 5.89. The molecule has 3 heterocycles. The fraction of sp³-hybridized carbons (Fsp3) is 0.360. The Morgan fingerprint density at radius 1 is 1.07 bits per heavy atom. The zero-order valence-electron chi connectivity index (χ0n) is 21.4. The smallest absolute Gasteiger partial charge is 0.383 e. The number of aryl methyl sites for hydroxylation is 1. The lowest BCUT2D eigenvalue weighted by Gasteiger charge is -2.21. The summed E-state index contributed by atoms with van der Waals surface area (Å²) in [5, 5.41) is 7.94. The number of nitrogens with one attached hydrogen (secondary N) is 2. The number of nitrogen functional groups attached to an aromatic ring is 1. The second kappa shape index (κ2) is 10.7. The first-order valence-corrected chi connectivity index (χ1v) is 12.5. The Morgan fingerprint density at radius 2 is 1.81 bits per heavy atom. The summed E-state index contributed by atoms with van der Waals surface area (Å²) in [6, 6.07) is 1.58. The molecule has 0 spiro atoms. The summed E-state index contributed by atoms with van der Waals surface area (Å²) >= 11 is 0. The molecule has 10 nitrogen and oxygen atoms in total. The molecule has 0 aliphatic heterocycles. The zero-order valence-corrected chi connectivity index (χ0v) is 21.4. The van der Waals surface area contributed by atoms with Crippen LogP contribution in [0.2, 0.25) is 0 Å². The summed E-state index contributed by atoms with van der Waals surface area (Å²) in [6.07, 6.45) is -4.90. The molecule has 222 valence electrons. The molecule has 1 fully saturated rings. The van der Waals surface area contributed by atoms with Crippen LogP contribution in [0.3, 0.4) is 0 Å². The maximum atomic E-state index is 15.0. The molecule has 0 saturated heterocycles. The minimum Gasteiger partial charge on any atom is -0.383 e. The normalized spacial score (nSPS) is 14.7. The number of hydrogen-bond donors (Lipinski definition) is 3. The summed E-state index contributed by atoms with van der Waals surface area (Å²) in [5.41, 5.74) is 0.0660. The number of halogens is 7. The van der Waals surface area contributed by atoms with Crippen molar-refractivity contribution in [2.75, 3.05) is 11.1 Å². The van der Waals surface area contributed by atoms with Crippen molar-refractivity contribution < 1.29 is 30.7 Å². The fourth-order valence-corrected chi connectivity index (χ4v) is 4.65. The molecule has 1 aliphatic carbocycles. The van der Waals surface area contributed by atoms with Crippen molar-refractivity contribution >= 4 is 22.4 Å². The molecule has 3 aromatic heterocycles. The van der Waals surface area contributed by atoms with Gasteiger partial charge in [-0.15, -0.1) is 0 Å². The van der Waals surface area contributed by atoms with Gasteiger partial charge in [0, 0.05) is 18.8 Å². The van der Waals surface area contributed by atoms with Gasteiger partial charge in [-0.05, 0) is 43.7 Å². The molecule has 0 radical (unpaired) electrons. The van der Waals surface area contributed by atoms with E-state index < -0.39 is 63.8 Å². The fourth-order valence-electron chi connectivity index (χ4n) is 4.65. The zero-order chi connectivity index (χ0) is 30.4. The Kier molecular flexibility index (Phi) is 7.36. The lowest BCUT2D eigenvalue weighted by atomic mass is 10.1. The number of aromatic nitrogens is 6. The first kappa shape index (κ1) is 28.9. The number of hydrogen-bond acceptors (Lipinski definition) is 8. The summed E-state index contributed by atoms with van der Waals surface area (Å²) in [6.45, 7) is 0.105. The Bertz CT molecular complexity index is 1760. The Balaban J connectivity index is 1.33. The molecule has 4 aromatic rings. The van der Waals surface area contributed by atoms with E-state index in [9.17, 15) is 40.3 Å². The van der Waals surface area contributed by atoms with Crippen LogP contribution < -0.4 is 22.2 Å². The Hall–Kier alpha value is -4.57. The van der Waals surface area contributed by atoms with Gasteiger partial charge in [-0.2, -0.15) is 31.4 Å². The Morgan fingerprint density at radius 3 is 2.45 bits per heavy atom. The molecule has 17 heteroatoms. The van der Waals surface area contributed by atoms with Gasteiger partial charge >= 0.3 is 12.4 Å². The predicted molar refractivity (Wildman–Crippen MR) is 136 cm³/mol. The second-order valence-corrected chi connectivity index (χ2v) is 9.80. The van der Waals surface area contributed by atoms with E-state index in [0.29, 0.717) is 19.0 Å². The molecule has 4 N–H and O–H groups in total. The monoisotopic (exact) mass is 598 g/mol. The highest BCUT2D eigenvalue weighted by Gasteiger charge is 2.39. The first-order valence-electron chi connectivity index (χ1n) is 12.5. The SMILES string of the molecule is Nc1nc(-c2cc3ncn(CCCC(Nc4cn[nH]c(=O)c4C(F)(F)F)C4CC4)c(=O)c3cc2F)ncc1C(F)(F)F. The van der Waals surface area contributed by atoms with Crippen molar-refractivity contribution in [3.05, 3.63) is 68.5 Å². The van der Waals surface area contributed by atoms with E-state index in [0.717, 1.165) is 31.2 Å². The van der Waals surface area contributed by atoms with Gasteiger partial charge in [0.05, 0.1) is 34.7 Å². The summed E-state index contributed by atoms with van der Waals surface area (Å²) in [5.74, 6) is -2.22. The molecular weight excluding hydrogens is 577 g/mol. The van der Waals surface area contributed by atoms with Crippen LogP contribution in [0, 0.1) is 11.7 Å². The maximum Gasteiger partial charge on any atom is 0.423 e. The van der Waals surface area contributed by atoms with Crippen LogP contribution in [0.1, 0.15) is 36.8 Å². The minimum absolute atomic E-state index is 0.0359. The van der Waals surface area contributed by atoms with E-state index in [4.69, 9.17) is 5.73 Å². The van der Waals surface area contributed by atoms with Gasteiger partial charge in [0.25, 0.3) is 11.1 Å². The van der Waals surface area contributed by atoms with Crippen molar-refractivity contribution in [2.45, 2.75) is 50.6 Å². The highest BCUT2D eigenvalue weighted by atomic mass is 19.4. The third-order valence-electron chi connectivity index (χ3n) is 6.86. The van der Waals surface area contributed by atoms with Crippen molar-refractivity contribution in [3.8, 4) is 11.4 Å². The van der Waals surface area contributed by atoms with Gasteiger partial charge in [-0.25, -0.2) is 24.4 Å². The number of fused-ring (bicyclic) bond motifs is 1. The lowest BCUT2D eigenvalue weighted by molar-refractivity contribution is -0.138. The minimum atomic E-state index is -4.89. The quantitative estimate of drug-likeness (QED) is 0.254. The summed E-state index contributed by atoms with van der Waals surface area (Å²) in [7, 11) is 0. The van der Waals surface area contributed by atoms with Crippen LogP contribution in [-0.2, 0) is 18.9 Å².